The molecule has 9 N–H and O–H groups in total. The fourth-order valence-corrected chi connectivity index (χ4v) is 11.0. The van der Waals surface area contributed by atoms with Crippen molar-refractivity contribution in [3.63, 3.8) is 0 Å². The predicted molar refractivity (Wildman–Crippen MR) is 265 cm³/mol. The van der Waals surface area contributed by atoms with Crippen LogP contribution >= 0.6 is 7.60 Å². The molecule has 3 saturated heterocycles. The second-order valence-corrected chi connectivity index (χ2v) is 21.1. The van der Waals surface area contributed by atoms with Crippen LogP contribution in [0.15, 0.2) is 97.1 Å². The van der Waals surface area contributed by atoms with Gasteiger partial charge in [-0.1, -0.05) is 78.9 Å². The Kier molecular flexibility index (Phi) is 15.0. The first-order chi connectivity index (χ1) is 36.2. The zero-order valence-corrected chi connectivity index (χ0v) is 41.4. The van der Waals surface area contributed by atoms with Gasteiger partial charge in [0.2, 0.25) is 35.4 Å². The van der Waals surface area contributed by atoms with Gasteiger partial charge in [-0.05, 0) is 67.0 Å². The summed E-state index contributed by atoms with van der Waals surface area (Å²) in [5.74, 6) is -6.50. The fraction of sp³-hybridized carbons (Fsp3) is 0.346. The molecule has 5 atom stereocenters. The van der Waals surface area contributed by atoms with Crippen LogP contribution in [-0.2, 0) is 52.1 Å². The van der Waals surface area contributed by atoms with Crippen LogP contribution in [0.1, 0.15) is 99.7 Å². The summed E-state index contributed by atoms with van der Waals surface area (Å²) in [6.07, 6.45) is 0.228. The number of halogens is 3. The Morgan fingerprint density at radius 3 is 2.22 bits per heavy atom. The summed E-state index contributed by atoms with van der Waals surface area (Å²) in [5.41, 5.74) is 1.44. The maximum Gasteiger partial charge on any atom is 0.399 e. The monoisotopic (exact) mass is 1070 g/mol. The number of primary amides is 1. The normalized spacial score (nSPS) is 20.7. The number of nitrogens with one attached hydrogen (secondary N) is 5. The van der Waals surface area contributed by atoms with E-state index in [1.807, 2.05) is 36.4 Å². The molecule has 0 aliphatic carbocycles. The van der Waals surface area contributed by atoms with E-state index in [-0.39, 0.29) is 98.8 Å². The number of H-pyrrole nitrogens is 1. The molecule has 0 radical (unpaired) electrons. The zero-order chi connectivity index (χ0) is 54.2. The number of carbonyl (C=O) groups is 8. The van der Waals surface area contributed by atoms with Gasteiger partial charge in [-0.3, -0.25) is 53.1 Å². The maximum atomic E-state index is 16.6. The molecule has 9 rings (SSSR count). The van der Waals surface area contributed by atoms with Crippen molar-refractivity contribution in [1.82, 2.24) is 41.0 Å². The van der Waals surface area contributed by atoms with Crippen molar-refractivity contribution in [1.29, 1.82) is 0 Å². The topological polar surface area (TPSA) is 294 Å². The van der Waals surface area contributed by atoms with Gasteiger partial charge in [0, 0.05) is 67.1 Å². The Bertz CT molecular complexity index is 3150. The van der Waals surface area contributed by atoms with Crippen molar-refractivity contribution in [2.24, 2.45) is 5.73 Å². The Morgan fingerprint density at radius 2 is 1.57 bits per heavy atom. The van der Waals surface area contributed by atoms with E-state index >= 15 is 9.18 Å². The molecule has 1 unspecified atom stereocenters. The third-order valence-corrected chi connectivity index (χ3v) is 15.4. The number of rotatable bonds is 16. The number of alkyl halides is 2. The standard InChI is InChI=1S/C52H53F3N9O11P/c53-44-31(12-11-30-26-63(51(72)43(30)44)39-18-20-42(66)60-48(39)69)25-62-22-21-34-14-17-40(49(70)58-36(16-19-41(56)65)46(67)61-45(28-7-3-1-4-8-28)29-9-5-2-6-10-29)64(34)50(71)38(27-62)59-47(68)37-24-32-23-33(13-15-35(32)57-37)52(54,55)76(73,74)75/h1-13,15,23-24,34,36,38-40,45,57H,14,16-22,25-27H2,(H2,56,65)(H,58,70)(H,59,68)(H,61,67)(H,60,66,69)(H2,73,74,75)/t34-,36+,38+,39?,40+/m1/s1. The number of piperidine rings is 1. The minimum absolute atomic E-state index is 0.00159. The second-order valence-electron chi connectivity index (χ2n) is 19.4. The predicted octanol–water partition coefficient (Wildman–Crippen LogP) is 3.32. The van der Waals surface area contributed by atoms with Crippen LogP contribution < -0.4 is 27.0 Å². The smallest absolute Gasteiger partial charge is 0.370 e. The van der Waals surface area contributed by atoms with E-state index in [4.69, 9.17) is 5.73 Å². The number of nitrogens with two attached hydrogens (primary N) is 1. The van der Waals surface area contributed by atoms with Crippen LogP contribution in [0.5, 0.6) is 0 Å². The number of benzene rings is 4. The largest absolute Gasteiger partial charge is 0.399 e. The van der Waals surface area contributed by atoms with Gasteiger partial charge < -0.3 is 46.3 Å². The van der Waals surface area contributed by atoms with E-state index < -0.39 is 108 Å². The molecule has 4 aliphatic heterocycles. The van der Waals surface area contributed by atoms with Crippen molar-refractivity contribution in [3.05, 3.63) is 142 Å². The molecule has 0 spiro atoms. The van der Waals surface area contributed by atoms with E-state index in [1.54, 1.807) is 35.2 Å². The third kappa shape index (κ3) is 10.9. The molecule has 76 heavy (non-hydrogen) atoms. The van der Waals surface area contributed by atoms with Gasteiger partial charge in [0.25, 0.3) is 11.8 Å². The highest BCUT2D eigenvalue weighted by atomic mass is 31.2. The molecule has 20 nitrogen and oxygen atoms in total. The first-order valence-electron chi connectivity index (χ1n) is 24.5. The van der Waals surface area contributed by atoms with Gasteiger partial charge in [-0.2, -0.15) is 8.78 Å². The lowest BCUT2D eigenvalue weighted by atomic mass is 9.98. The molecule has 0 saturated carbocycles. The minimum atomic E-state index is -5.95. The summed E-state index contributed by atoms with van der Waals surface area (Å²) in [4.78, 5) is 134. The molecule has 3 fully saturated rings. The molecule has 4 aromatic carbocycles. The average Bonchev–Trinajstić information content (AvgIpc) is 4.13. The summed E-state index contributed by atoms with van der Waals surface area (Å²) in [5, 5.41) is 10.6. The molecule has 4 aliphatic rings. The number of aromatic amines is 1. The molecule has 1 aromatic heterocycles. The van der Waals surface area contributed by atoms with Gasteiger partial charge in [-0.25, -0.2) is 4.39 Å². The zero-order valence-electron chi connectivity index (χ0n) is 40.5. The Morgan fingerprint density at radius 1 is 0.868 bits per heavy atom. The number of hydrogen-bond acceptors (Lipinski definition) is 10. The lowest BCUT2D eigenvalue weighted by Gasteiger charge is -2.39. The van der Waals surface area contributed by atoms with Crippen molar-refractivity contribution >= 4 is 65.8 Å². The van der Waals surface area contributed by atoms with Crippen LogP contribution in [0.25, 0.3) is 10.9 Å². The average molecular weight is 1070 g/mol. The lowest BCUT2D eigenvalue weighted by molar-refractivity contribution is -0.144. The lowest BCUT2D eigenvalue weighted by Crippen LogP contribution is -2.61. The van der Waals surface area contributed by atoms with E-state index in [2.05, 4.69) is 26.3 Å². The minimum Gasteiger partial charge on any atom is -0.370 e. The number of aromatic nitrogens is 1. The molecule has 24 heteroatoms. The van der Waals surface area contributed by atoms with Gasteiger partial charge >= 0.3 is 13.3 Å². The molecule has 5 heterocycles. The molecular weight excluding hydrogens is 1010 g/mol. The van der Waals surface area contributed by atoms with Gasteiger partial charge in [-0.15, -0.1) is 0 Å². The van der Waals surface area contributed by atoms with Gasteiger partial charge in [0.15, 0.2) is 0 Å². The number of fused-ring (bicyclic) bond motifs is 3. The number of imide groups is 1. The Labute approximate surface area is 432 Å². The highest BCUT2D eigenvalue weighted by Gasteiger charge is 2.51. The molecule has 8 amide bonds. The van der Waals surface area contributed by atoms with Gasteiger partial charge in [0.1, 0.15) is 35.7 Å². The summed E-state index contributed by atoms with van der Waals surface area (Å²) >= 11 is 0. The van der Waals surface area contributed by atoms with Gasteiger partial charge in [0.05, 0.1) is 11.6 Å². The van der Waals surface area contributed by atoms with E-state index in [0.717, 1.165) is 35.4 Å². The second kappa shape index (κ2) is 21.5. The van der Waals surface area contributed by atoms with Crippen LogP contribution in [0, 0.1) is 5.82 Å². The summed E-state index contributed by atoms with van der Waals surface area (Å²) in [6, 6.07) is 18.8. The maximum absolute atomic E-state index is 16.6. The van der Waals surface area contributed by atoms with Crippen LogP contribution in [0.2, 0.25) is 0 Å². The Balaban J connectivity index is 0.987. The fourth-order valence-electron chi connectivity index (χ4n) is 10.5. The SMILES string of the molecule is NC(=O)CC[C@H](NC(=O)[C@@H]1CC[C@@H]2CCN(Cc3ccc4c(c3F)C(=O)N(C3CCC(=O)NC3=O)C4)C[C@H](NC(=O)c3cc4cc(C(F)(F)P(=O)(O)O)ccc4[nH]3)C(=O)N21)C(=O)NC(c1ccccc1)c1ccccc1. The van der Waals surface area contributed by atoms with Crippen LogP contribution in [0.3, 0.4) is 0 Å². The highest BCUT2D eigenvalue weighted by Crippen LogP contribution is 2.59. The first-order valence-corrected chi connectivity index (χ1v) is 26.2. The third-order valence-electron chi connectivity index (χ3n) is 14.4. The molecule has 5 aromatic rings. The number of amides is 8. The van der Waals surface area contributed by atoms with Crippen molar-refractivity contribution < 1.29 is 65.9 Å². The van der Waals surface area contributed by atoms with E-state index in [0.29, 0.717) is 5.56 Å². The quantitative estimate of drug-likeness (QED) is 0.0522. The molecule has 398 valence electrons. The van der Waals surface area contributed by atoms with Crippen molar-refractivity contribution in [3.8, 4) is 0 Å². The van der Waals surface area contributed by atoms with Crippen LogP contribution in [-0.4, -0.2) is 120 Å². The van der Waals surface area contributed by atoms with Crippen LogP contribution in [0.4, 0.5) is 13.2 Å². The molecular formula is C52H53F3N9O11P. The highest BCUT2D eigenvalue weighted by molar-refractivity contribution is 7.52. The van der Waals surface area contributed by atoms with E-state index in [1.165, 1.54) is 15.9 Å². The van der Waals surface area contributed by atoms with Crippen molar-refractivity contribution in [2.45, 2.75) is 99.9 Å². The van der Waals surface area contributed by atoms with E-state index in [9.17, 15) is 56.7 Å². The molecule has 0 bridgehead atoms. The van der Waals surface area contributed by atoms with Crippen molar-refractivity contribution in [2.75, 3.05) is 13.1 Å². The Hall–Kier alpha value is -7.72. The summed E-state index contributed by atoms with van der Waals surface area (Å²) < 4.78 is 57.7. The summed E-state index contributed by atoms with van der Waals surface area (Å²) in [7, 11) is -5.95. The number of hydrogen-bond donors (Lipinski definition) is 8. The first kappa shape index (κ1) is 53.1. The summed E-state index contributed by atoms with van der Waals surface area (Å²) in [6.45, 7) is -0.392. The number of carbonyl (C=O) groups excluding carboxylic acids is 8. The number of nitrogens with zero attached hydrogens (tertiary/aromatic N) is 3.